The fourth-order valence-corrected chi connectivity index (χ4v) is 1.30. The molecule has 1 atom stereocenters. The van der Waals surface area contributed by atoms with Crippen LogP contribution < -0.4 is 11.1 Å². The molecule has 0 saturated carbocycles. The van der Waals surface area contributed by atoms with Gasteiger partial charge in [-0.25, -0.2) is 0 Å². The van der Waals surface area contributed by atoms with Crippen LogP contribution in [-0.4, -0.2) is 33.5 Å². The van der Waals surface area contributed by atoms with Gasteiger partial charge >= 0.3 is 0 Å². The largest absolute Gasteiger partial charge is 0.381 e. The zero-order valence-electron chi connectivity index (χ0n) is 11.9. The van der Waals surface area contributed by atoms with Gasteiger partial charge in [0, 0.05) is 20.4 Å². The summed E-state index contributed by atoms with van der Waals surface area (Å²) >= 11 is 0. The van der Waals surface area contributed by atoms with Crippen LogP contribution >= 0.6 is 0 Å². The molecule has 4 nitrogen and oxygen atoms in total. The molecule has 0 aliphatic carbocycles. The Labute approximate surface area is 111 Å². The molecular formula is C14H26N2O2. The first-order valence-electron chi connectivity index (χ1n) is 6.16. The van der Waals surface area contributed by atoms with Crippen molar-refractivity contribution in [3.05, 3.63) is 35.7 Å². The number of ether oxygens (including phenoxy) is 2. The standard InChI is InChI=1S/C14H26N2O2/c1-12(7-10-17-3)14(5-8-15)11-16-9-6-13(2)18-4/h6-7,9,11,13,16H,5,8,10,15H2,1-4H3/b9-6+,12-7+,14-11-. The summed E-state index contributed by atoms with van der Waals surface area (Å²) in [7, 11) is 3.37. The van der Waals surface area contributed by atoms with Crippen molar-refractivity contribution in [2.75, 3.05) is 27.4 Å². The third kappa shape index (κ3) is 8.06. The van der Waals surface area contributed by atoms with Gasteiger partial charge in [0.2, 0.25) is 0 Å². The lowest BCUT2D eigenvalue weighted by atomic mass is 10.1. The van der Waals surface area contributed by atoms with Crippen molar-refractivity contribution in [2.45, 2.75) is 26.4 Å². The second kappa shape index (κ2) is 11.0. The molecule has 0 aromatic rings. The van der Waals surface area contributed by atoms with Gasteiger partial charge in [-0.15, -0.1) is 0 Å². The minimum absolute atomic E-state index is 0.106. The lowest BCUT2D eigenvalue weighted by Gasteiger charge is -2.07. The average Bonchev–Trinajstić information content (AvgIpc) is 2.39. The number of allylic oxidation sites excluding steroid dienone is 1. The number of hydrogen-bond acceptors (Lipinski definition) is 4. The topological polar surface area (TPSA) is 56.5 Å². The number of nitrogens with two attached hydrogens (primary N) is 1. The third-order valence-corrected chi connectivity index (χ3v) is 2.57. The Balaban J connectivity index is 4.44. The molecule has 18 heavy (non-hydrogen) atoms. The molecule has 0 spiro atoms. The highest BCUT2D eigenvalue weighted by molar-refractivity contribution is 5.29. The fourth-order valence-electron chi connectivity index (χ4n) is 1.30. The molecule has 1 unspecified atom stereocenters. The first-order chi connectivity index (χ1) is 8.65. The van der Waals surface area contributed by atoms with E-state index in [-0.39, 0.29) is 6.10 Å². The molecule has 3 N–H and O–H groups in total. The normalized spacial score (nSPS) is 15.2. The Morgan fingerprint density at radius 2 is 2.11 bits per heavy atom. The van der Waals surface area contributed by atoms with E-state index in [0.29, 0.717) is 13.2 Å². The molecular weight excluding hydrogens is 228 g/mol. The van der Waals surface area contributed by atoms with E-state index in [1.807, 2.05) is 31.5 Å². The SMILES string of the molecule is COC/C=C(C)/C(=C\N/C=C/C(C)OC)CCN. The number of hydrogen-bond donors (Lipinski definition) is 2. The number of rotatable bonds is 9. The molecule has 0 heterocycles. The van der Waals surface area contributed by atoms with Gasteiger partial charge in [-0.1, -0.05) is 6.08 Å². The van der Waals surface area contributed by atoms with E-state index in [0.717, 1.165) is 6.42 Å². The van der Waals surface area contributed by atoms with Crippen molar-refractivity contribution in [1.29, 1.82) is 0 Å². The van der Waals surface area contributed by atoms with Gasteiger partial charge in [0.1, 0.15) is 0 Å². The van der Waals surface area contributed by atoms with Gasteiger partial charge in [-0.05, 0) is 50.2 Å². The lowest BCUT2D eigenvalue weighted by molar-refractivity contribution is 0.156. The van der Waals surface area contributed by atoms with E-state index >= 15 is 0 Å². The summed E-state index contributed by atoms with van der Waals surface area (Å²) in [6, 6.07) is 0. The monoisotopic (exact) mass is 254 g/mol. The van der Waals surface area contributed by atoms with Crippen LogP contribution in [0.2, 0.25) is 0 Å². The van der Waals surface area contributed by atoms with Gasteiger partial charge in [-0.3, -0.25) is 0 Å². The van der Waals surface area contributed by atoms with E-state index in [2.05, 4.69) is 12.2 Å². The predicted molar refractivity (Wildman–Crippen MR) is 76.1 cm³/mol. The molecule has 0 bridgehead atoms. The van der Waals surface area contributed by atoms with Gasteiger partial charge < -0.3 is 20.5 Å². The Bertz CT molecular complexity index is 296. The number of methoxy groups -OCH3 is 2. The smallest absolute Gasteiger partial charge is 0.0740 e. The molecule has 0 amide bonds. The highest BCUT2D eigenvalue weighted by atomic mass is 16.5. The summed E-state index contributed by atoms with van der Waals surface area (Å²) in [5.74, 6) is 0. The van der Waals surface area contributed by atoms with Crippen molar-refractivity contribution in [1.82, 2.24) is 5.32 Å². The zero-order valence-corrected chi connectivity index (χ0v) is 11.9. The van der Waals surface area contributed by atoms with Gasteiger partial charge in [0.05, 0.1) is 12.7 Å². The third-order valence-electron chi connectivity index (χ3n) is 2.57. The minimum Gasteiger partial charge on any atom is -0.381 e. The minimum atomic E-state index is 0.106. The second-order valence-electron chi connectivity index (χ2n) is 4.02. The van der Waals surface area contributed by atoms with Crippen LogP contribution in [0.1, 0.15) is 20.3 Å². The van der Waals surface area contributed by atoms with Crippen molar-refractivity contribution in [2.24, 2.45) is 5.73 Å². The zero-order chi connectivity index (χ0) is 13.8. The van der Waals surface area contributed by atoms with Crippen molar-refractivity contribution >= 4 is 0 Å². The summed E-state index contributed by atoms with van der Waals surface area (Å²) in [5, 5.41) is 3.13. The van der Waals surface area contributed by atoms with Crippen molar-refractivity contribution < 1.29 is 9.47 Å². The molecule has 104 valence electrons. The highest BCUT2D eigenvalue weighted by Gasteiger charge is 1.98. The lowest BCUT2D eigenvalue weighted by Crippen LogP contribution is -2.06. The Morgan fingerprint density at radius 3 is 2.67 bits per heavy atom. The molecule has 4 heteroatoms. The van der Waals surface area contributed by atoms with Gasteiger partial charge in [0.15, 0.2) is 0 Å². The fraction of sp³-hybridized carbons (Fsp3) is 0.571. The molecule has 0 aliphatic rings. The average molecular weight is 254 g/mol. The van der Waals surface area contributed by atoms with E-state index in [9.17, 15) is 0 Å². The molecule has 0 saturated heterocycles. The van der Waals surface area contributed by atoms with E-state index in [4.69, 9.17) is 15.2 Å². The van der Waals surface area contributed by atoms with E-state index < -0.39 is 0 Å². The van der Waals surface area contributed by atoms with Crippen LogP contribution in [0.15, 0.2) is 35.7 Å². The maximum absolute atomic E-state index is 5.60. The number of nitrogens with one attached hydrogen (secondary N) is 1. The molecule has 0 rings (SSSR count). The first-order valence-corrected chi connectivity index (χ1v) is 6.16. The summed E-state index contributed by atoms with van der Waals surface area (Å²) in [6.07, 6.45) is 8.78. The van der Waals surface area contributed by atoms with Crippen LogP contribution in [0.4, 0.5) is 0 Å². The first kappa shape index (κ1) is 16.9. The van der Waals surface area contributed by atoms with E-state index in [1.54, 1.807) is 14.2 Å². The van der Waals surface area contributed by atoms with E-state index in [1.165, 1.54) is 11.1 Å². The maximum atomic E-state index is 5.60. The molecule has 0 radical (unpaired) electrons. The molecule has 0 aliphatic heterocycles. The van der Waals surface area contributed by atoms with Crippen LogP contribution in [-0.2, 0) is 9.47 Å². The van der Waals surface area contributed by atoms with Crippen LogP contribution in [0.3, 0.4) is 0 Å². The summed E-state index contributed by atoms with van der Waals surface area (Å²) in [5.41, 5.74) is 7.97. The highest BCUT2D eigenvalue weighted by Crippen LogP contribution is 2.11. The summed E-state index contributed by atoms with van der Waals surface area (Å²) in [4.78, 5) is 0. The summed E-state index contributed by atoms with van der Waals surface area (Å²) < 4.78 is 10.1. The van der Waals surface area contributed by atoms with Crippen LogP contribution in [0.5, 0.6) is 0 Å². The Kier molecular flexibility index (Phi) is 10.3. The Morgan fingerprint density at radius 1 is 1.39 bits per heavy atom. The molecule has 0 fully saturated rings. The van der Waals surface area contributed by atoms with Gasteiger partial charge in [0.25, 0.3) is 0 Å². The van der Waals surface area contributed by atoms with Gasteiger partial charge in [-0.2, -0.15) is 0 Å². The molecule has 0 aromatic heterocycles. The van der Waals surface area contributed by atoms with Crippen LogP contribution in [0, 0.1) is 0 Å². The van der Waals surface area contributed by atoms with Crippen molar-refractivity contribution in [3.8, 4) is 0 Å². The Hall–Kier alpha value is -1.10. The predicted octanol–water partition coefficient (Wildman–Crippen LogP) is 1.95. The second-order valence-corrected chi connectivity index (χ2v) is 4.02. The summed E-state index contributed by atoms with van der Waals surface area (Å²) in [6.45, 7) is 5.28. The van der Waals surface area contributed by atoms with Crippen molar-refractivity contribution in [3.63, 3.8) is 0 Å². The van der Waals surface area contributed by atoms with Crippen LogP contribution in [0.25, 0.3) is 0 Å². The quantitative estimate of drug-likeness (QED) is 0.618. The molecule has 0 aromatic carbocycles. The maximum Gasteiger partial charge on any atom is 0.0740 e.